The second-order valence-electron chi connectivity index (χ2n) is 8.15. The number of aryl methyl sites for hydroxylation is 2. The molecule has 1 fully saturated rings. The first-order valence-corrected chi connectivity index (χ1v) is 12.0. The van der Waals surface area contributed by atoms with Crippen LogP contribution in [0.4, 0.5) is 0 Å². The molecule has 148 valence electrons. The van der Waals surface area contributed by atoms with Crippen molar-refractivity contribution in [3.63, 3.8) is 0 Å². The summed E-state index contributed by atoms with van der Waals surface area (Å²) >= 11 is 0. The minimum absolute atomic E-state index is 0.371. The molecular formula is C23H29N3OS. The molecule has 0 amide bonds. The Hall–Kier alpha value is -2.11. The van der Waals surface area contributed by atoms with Crippen molar-refractivity contribution in [1.29, 1.82) is 4.78 Å². The molecular weight excluding hydrogens is 366 g/mol. The van der Waals surface area contributed by atoms with Crippen LogP contribution in [0.25, 0.3) is 10.9 Å². The summed E-state index contributed by atoms with van der Waals surface area (Å²) in [5, 5.41) is 1.33. The summed E-state index contributed by atoms with van der Waals surface area (Å²) in [7, 11) is -2.66. The number of hydrogen-bond donors (Lipinski definition) is 2. The van der Waals surface area contributed by atoms with Crippen molar-refractivity contribution >= 4 is 20.6 Å². The summed E-state index contributed by atoms with van der Waals surface area (Å²) in [4.78, 5) is 6.60. The van der Waals surface area contributed by atoms with Crippen molar-refractivity contribution in [2.75, 3.05) is 12.8 Å². The molecule has 2 atom stereocenters. The predicted molar refractivity (Wildman–Crippen MR) is 116 cm³/mol. The lowest BCUT2D eigenvalue weighted by Crippen LogP contribution is -2.33. The van der Waals surface area contributed by atoms with Crippen molar-refractivity contribution in [2.24, 2.45) is 0 Å². The first-order chi connectivity index (χ1) is 13.3. The van der Waals surface area contributed by atoms with Crippen LogP contribution in [0, 0.1) is 18.6 Å². The molecule has 3 aromatic rings. The van der Waals surface area contributed by atoms with Crippen LogP contribution >= 0.6 is 0 Å². The maximum atomic E-state index is 12.0. The molecule has 2 N–H and O–H groups in total. The van der Waals surface area contributed by atoms with Crippen molar-refractivity contribution in [1.82, 2.24) is 9.88 Å². The van der Waals surface area contributed by atoms with Crippen LogP contribution < -0.4 is 0 Å². The molecule has 1 aliphatic rings. The Kier molecular flexibility index (Phi) is 5.06. The van der Waals surface area contributed by atoms with Crippen LogP contribution in [-0.2, 0) is 16.3 Å². The van der Waals surface area contributed by atoms with Crippen LogP contribution in [0.1, 0.15) is 47.6 Å². The number of hydrogen-bond acceptors (Lipinski definition) is 3. The molecule has 1 aliphatic heterocycles. The molecule has 0 bridgehead atoms. The van der Waals surface area contributed by atoms with Crippen molar-refractivity contribution in [2.45, 2.75) is 50.6 Å². The predicted octanol–water partition coefficient (Wildman–Crippen LogP) is 5.55. The zero-order valence-corrected chi connectivity index (χ0v) is 17.7. The van der Waals surface area contributed by atoms with E-state index in [1.54, 1.807) is 0 Å². The molecule has 0 radical (unpaired) electrons. The van der Waals surface area contributed by atoms with E-state index in [9.17, 15) is 4.21 Å². The Morgan fingerprint density at radius 2 is 1.89 bits per heavy atom. The Labute approximate surface area is 167 Å². The number of aromatic nitrogens is 1. The molecule has 28 heavy (non-hydrogen) atoms. The fraction of sp³-hybridized carbons (Fsp3) is 0.391. The number of piperidine rings is 1. The molecule has 1 saturated heterocycles. The molecule has 0 saturated carbocycles. The summed E-state index contributed by atoms with van der Waals surface area (Å²) in [5.74, 6) is 0. The van der Waals surface area contributed by atoms with Gasteiger partial charge < -0.3 is 4.98 Å². The zero-order valence-electron chi connectivity index (χ0n) is 16.9. The Morgan fingerprint density at radius 3 is 2.61 bits per heavy atom. The van der Waals surface area contributed by atoms with E-state index in [2.05, 4.69) is 48.0 Å². The number of H-pyrrole nitrogens is 1. The SMILES string of the molecule is Cc1cc(C)c2[nH]ccc2c1CN1CCCC[C@@H]1c1ccc(S(C)(=N)=O)cc1. The molecule has 4 nitrogen and oxygen atoms in total. The van der Waals surface area contributed by atoms with Gasteiger partial charge in [0.15, 0.2) is 0 Å². The topological polar surface area (TPSA) is 60.0 Å². The van der Waals surface area contributed by atoms with Crippen molar-refractivity contribution < 1.29 is 4.21 Å². The van der Waals surface area contributed by atoms with Crippen LogP contribution in [-0.4, -0.2) is 26.9 Å². The van der Waals surface area contributed by atoms with E-state index in [1.165, 1.54) is 52.3 Å². The molecule has 0 aliphatic carbocycles. The lowest BCUT2D eigenvalue weighted by atomic mass is 9.93. The van der Waals surface area contributed by atoms with E-state index in [-0.39, 0.29) is 0 Å². The van der Waals surface area contributed by atoms with Gasteiger partial charge in [-0.25, -0.2) is 8.99 Å². The highest BCUT2D eigenvalue weighted by atomic mass is 32.2. The highest BCUT2D eigenvalue weighted by Gasteiger charge is 2.25. The van der Waals surface area contributed by atoms with Gasteiger partial charge in [0, 0.05) is 40.8 Å². The lowest BCUT2D eigenvalue weighted by Gasteiger charge is -2.36. The largest absolute Gasteiger partial charge is 0.361 e. The van der Waals surface area contributed by atoms with E-state index >= 15 is 0 Å². The maximum Gasteiger partial charge on any atom is 0.0696 e. The van der Waals surface area contributed by atoms with Crippen LogP contribution in [0.15, 0.2) is 47.5 Å². The van der Waals surface area contributed by atoms with Gasteiger partial charge in [0.05, 0.1) is 9.73 Å². The zero-order chi connectivity index (χ0) is 19.9. The van der Waals surface area contributed by atoms with Crippen LogP contribution in [0.2, 0.25) is 0 Å². The monoisotopic (exact) mass is 395 g/mol. The van der Waals surface area contributed by atoms with Crippen molar-refractivity contribution in [3.8, 4) is 0 Å². The molecule has 5 heteroatoms. The van der Waals surface area contributed by atoms with Gasteiger partial charge >= 0.3 is 0 Å². The third kappa shape index (κ3) is 3.61. The summed E-state index contributed by atoms with van der Waals surface area (Å²) in [5.41, 5.74) is 6.57. The van der Waals surface area contributed by atoms with E-state index < -0.39 is 9.73 Å². The maximum absolute atomic E-state index is 12.0. The summed E-state index contributed by atoms with van der Waals surface area (Å²) in [6.07, 6.45) is 7.12. The van der Waals surface area contributed by atoms with Gasteiger partial charge in [0.2, 0.25) is 0 Å². The highest BCUT2D eigenvalue weighted by molar-refractivity contribution is 7.91. The number of aromatic amines is 1. The minimum atomic E-state index is -2.66. The molecule has 2 aromatic carbocycles. The van der Waals surface area contributed by atoms with Gasteiger partial charge in [-0.3, -0.25) is 4.90 Å². The fourth-order valence-electron chi connectivity index (χ4n) is 4.56. The van der Waals surface area contributed by atoms with Crippen molar-refractivity contribution in [3.05, 3.63) is 64.8 Å². The molecule has 4 rings (SSSR count). The van der Waals surface area contributed by atoms with E-state index in [1.807, 2.05) is 18.3 Å². The highest BCUT2D eigenvalue weighted by Crippen LogP contribution is 2.35. The number of benzene rings is 2. The Balaban J connectivity index is 1.66. The number of nitrogens with zero attached hydrogens (tertiary/aromatic N) is 1. The van der Waals surface area contributed by atoms with E-state index in [0.717, 1.165) is 19.5 Å². The number of rotatable bonds is 4. The molecule has 2 heterocycles. The third-order valence-electron chi connectivity index (χ3n) is 6.07. The van der Waals surface area contributed by atoms with Gasteiger partial charge in [0.1, 0.15) is 0 Å². The van der Waals surface area contributed by atoms with Gasteiger partial charge in [-0.2, -0.15) is 0 Å². The lowest BCUT2D eigenvalue weighted by molar-refractivity contribution is 0.140. The van der Waals surface area contributed by atoms with Crippen LogP contribution in [0.5, 0.6) is 0 Å². The van der Waals surface area contributed by atoms with Gasteiger partial charge in [-0.05, 0) is 73.7 Å². The normalized spacial score (nSPS) is 20.3. The quantitative estimate of drug-likeness (QED) is 0.609. The minimum Gasteiger partial charge on any atom is -0.361 e. The summed E-state index contributed by atoms with van der Waals surface area (Å²) < 4.78 is 19.8. The molecule has 1 unspecified atom stereocenters. The molecule has 1 aromatic heterocycles. The van der Waals surface area contributed by atoms with Gasteiger partial charge in [-0.15, -0.1) is 0 Å². The standard InChI is InChI=1S/C23H29N3OS/c1-16-14-17(2)23-20(11-12-25-23)21(16)15-26-13-5-4-6-22(26)18-7-9-19(10-8-18)28(3,24)27/h7-12,14,22,24-25H,4-6,13,15H2,1-3H3/t22-,28?/m1/s1. The van der Waals surface area contributed by atoms with E-state index in [0.29, 0.717) is 10.9 Å². The number of nitrogens with one attached hydrogen (secondary N) is 2. The summed E-state index contributed by atoms with van der Waals surface area (Å²) in [6, 6.07) is 12.8. The van der Waals surface area contributed by atoms with E-state index in [4.69, 9.17) is 4.78 Å². The average molecular weight is 396 g/mol. The first kappa shape index (κ1) is 19.2. The Morgan fingerprint density at radius 1 is 1.14 bits per heavy atom. The Bertz CT molecular complexity index is 1100. The van der Waals surface area contributed by atoms with Gasteiger partial charge in [-0.1, -0.05) is 24.6 Å². The average Bonchev–Trinajstić information content (AvgIpc) is 3.15. The van der Waals surface area contributed by atoms with Gasteiger partial charge in [0.25, 0.3) is 0 Å². The first-order valence-electron chi connectivity index (χ1n) is 9.98. The number of fused-ring (bicyclic) bond motifs is 1. The third-order valence-corrected chi connectivity index (χ3v) is 7.24. The number of likely N-dealkylation sites (tertiary alicyclic amines) is 1. The second kappa shape index (κ2) is 7.37. The second-order valence-corrected chi connectivity index (χ2v) is 10.3. The fourth-order valence-corrected chi connectivity index (χ4v) is 5.22. The van der Waals surface area contributed by atoms with Crippen LogP contribution in [0.3, 0.4) is 0 Å². The summed E-state index contributed by atoms with van der Waals surface area (Å²) in [6.45, 7) is 6.41. The molecule has 0 spiro atoms. The smallest absolute Gasteiger partial charge is 0.0696 e.